The Hall–Kier alpha value is -1.81. The fourth-order valence-electron chi connectivity index (χ4n) is 2.01. The van der Waals surface area contributed by atoms with Crippen LogP contribution in [0.25, 0.3) is 0 Å². The Balaban J connectivity index is 2.15. The maximum Gasteiger partial charge on any atom is 0.255 e. The largest absolute Gasteiger partial charge is 0.345 e. The lowest BCUT2D eigenvalue weighted by molar-refractivity contribution is 0.0938. The van der Waals surface area contributed by atoms with Crippen molar-refractivity contribution < 1.29 is 4.79 Å². The molecule has 100 valence electrons. The van der Waals surface area contributed by atoms with Crippen molar-refractivity contribution >= 4 is 17.5 Å². The fourth-order valence-corrected chi connectivity index (χ4v) is 2.21. The second-order valence-corrected chi connectivity index (χ2v) is 5.00. The van der Waals surface area contributed by atoms with E-state index in [9.17, 15) is 4.79 Å². The van der Waals surface area contributed by atoms with Crippen molar-refractivity contribution in [1.82, 2.24) is 15.5 Å². The molecule has 19 heavy (non-hydrogen) atoms. The second kappa shape index (κ2) is 5.45. The number of aromatic amines is 1. The van der Waals surface area contributed by atoms with Gasteiger partial charge in [0.15, 0.2) is 0 Å². The Morgan fingerprint density at radius 1 is 1.42 bits per heavy atom. The molecule has 0 aliphatic rings. The summed E-state index contributed by atoms with van der Waals surface area (Å²) in [5.41, 5.74) is 3.05. The monoisotopic (exact) mass is 277 g/mol. The first-order valence-corrected chi connectivity index (χ1v) is 6.44. The number of carbonyl (C=O) groups excluding carboxylic acids is 1. The molecule has 2 rings (SSSR count). The molecule has 1 aromatic heterocycles. The topological polar surface area (TPSA) is 57.8 Å². The summed E-state index contributed by atoms with van der Waals surface area (Å²) >= 11 is 5.95. The van der Waals surface area contributed by atoms with Crippen molar-refractivity contribution in [2.45, 2.75) is 26.8 Å². The summed E-state index contributed by atoms with van der Waals surface area (Å²) in [6, 6.07) is 7.35. The molecular formula is C14H16ClN3O. The number of nitrogens with one attached hydrogen (secondary N) is 2. The lowest BCUT2D eigenvalue weighted by Gasteiger charge is -2.14. The summed E-state index contributed by atoms with van der Waals surface area (Å²) in [6.45, 7) is 5.57. The van der Waals surface area contributed by atoms with Crippen molar-refractivity contribution in [3.05, 3.63) is 51.8 Å². The maximum atomic E-state index is 12.2. The van der Waals surface area contributed by atoms with Crippen LogP contribution < -0.4 is 5.32 Å². The van der Waals surface area contributed by atoms with Crippen LogP contribution in [0.5, 0.6) is 0 Å². The third kappa shape index (κ3) is 2.96. The molecule has 5 heteroatoms. The number of halogens is 1. The van der Waals surface area contributed by atoms with Gasteiger partial charge in [-0.25, -0.2) is 0 Å². The normalized spacial score (nSPS) is 12.2. The molecule has 1 atom stereocenters. The van der Waals surface area contributed by atoms with Crippen LogP contribution in [0.1, 0.15) is 40.3 Å². The molecule has 0 saturated carbocycles. The average molecular weight is 278 g/mol. The lowest BCUT2D eigenvalue weighted by atomic mass is 10.1. The first-order chi connectivity index (χ1) is 8.99. The van der Waals surface area contributed by atoms with Crippen molar-refractivity contribution in [2.75, 3.05) is 0 Å². The number of rotatable bonds is 3. The SMILES string of the molecule is Cc1n[nH]c(C)c1C(=O)NC(C)c1cccc(Cl)c1. The van der Waals surface area contributed by atoms with Crippen LogP contribution in [0.3, 0.4) is 0 Å². The van der Waals surface area contributed by atoms with Crippen LogP contribution in [-0.2, 0) is 0 Å². The minimum absolute atomic E-state index is 0.111. The molecule has 2 N–H and O–H groups in total. The maximum absolute atomic E-state index is 12.2. The number of hydrogen-bond donors (Lipinski definition) is 2. The molecule has 4 nitrogen and oxygen atoms in total. The quantitative estimate of drug-likeness (QED) is 0.905. The second-order valence-electron chi connectivity index (χ2n) is 4.56. The van der Waals surface area contributed by atoms with Crippen molar-refractivity contribution in [3.63, 3.8) is 0 Å². The van der Waals surface area contributed by atoms with E-state index in [1.54, 1.807) is 0 Å². The van der Waals surface area contributed by atoms with E-state index in [0.717, 1.165) is 11.3 Å². The van der Waals surface area contributed by atoms with E-state index in [4.69, 9.17) is 11.6 Å². The van der Waals surface area contributed by atoms with E-state index in [0.29, 0.717) is 16.3 Å². The van der Waals surface area contributed by atoms with Gasteiger partial charge < -0.3 is 5.32 Å². The van der Waals surface area contributed by atoms with Gasteiger partial charge in [-0.1, -0.05) is 23.7 Å². The Labute approximate surface area is 117 Å². The number of aromatic nitrogens is 2. The van der Waals surface area contributed by atoms with Gasteiger partial charge in [-0.3, -0.25) is 9.89 Å². The molecule has 1 unspecified atom stereocenters. The molecule has 0 fully saturated rings. The molecule has 0 saturated heterocycles. The highest BCUT2D eigenvalue weighted by Gasteiger charge is 2.17. The minimum Gasteiger partial charge on any atom is -0.345 e. The summed E-state index contributed by atoms with van der Waals surface area (Å²) in [5.74, 6) is -0.128. The fraction of sp³-hybridized carbons (Fsp3) is 0.286. The van der Waals surface area contributed by atoms with Gasteiger partial charge in [-0.15, -0.1) is 0 Å². The smallest absolute Gasteiger partial charge is 0.255 e. The summed E-state index contributed by atoms with van der Waals surface area (Å²) in [5, 5.41) is 10.4. The van der Waals surface area contributed by atoms with Crippen LogP contribution in [0, 0.1) is 13.8 Å². The van der Waals surface area contributed by atoms with E-state index in [-0.39, 0.29) is 11.9 Å². The standard InChI is InChI=1S/C14H16ClN3O/c1-8(11-5-4-6-12(15)7-11)16-14(19)13-9(2)17-18-10(13)3/h4-8H,1-3H3,(H,16,19)(H,17,18). The van der Waals surface area contributed by atoms with Gasteiger partial charge in [0.25, 0.3) is 5.91 Å². The Bertz CT molecular complexity index is 587. The molecule has 1 amide bonds. The van der Waals surface area contributed by atoms with E-state index in [2.05, 4.69) is 15.5 Å². The van der Waals surface area contributed by atoms with Crippen LogP contribution >= 0.6 is 11.6 Å². The third-order valence-electron chi connectivity index (χ3n) is 3.05. The van der Waals surface area contributed by atoms with E-state index in [1.165, 1.54) is 0 Å². The number of aryl methyl sites for hydroxylation is 2. The predicted octanol–water partition coefficient (Wildman–Crippen LogP) is 3.17. The highest BCUT2D eigenvalue weighted by Crippen LogP contribution is 2.18. The van der Waals surface area contributed by atoms with Gasteiger partial charge in [0.05, 0.1) is 17.3 Å². The first-order valence-electron chi connectivity index (χ1n) is 6.07. The molecule has 1 heterocycles. The molecule has 0 aliphatic carbocycles. The molecule has 0 aliphatic heterocycles. The van der Waals surface area contributed by atoms with Crippen molar-refractivity contribution in [1.29, 1.82) is 0 Å². The minimum atomic E-state index is -0.128. The van der Waals surface area contributed by atoms with Gasteiger partial charge in [0.2, 0.25) is 0 Å². The Morgan fingerprint density at radius 3 is 2.74 bits per heavy atom. The van der Waals surface area contributed by atoms with Crippen LogP contribution in [0.15, 0.2) is 24.3 Å². The zero-order chi connectivity index (χ0) is 14.0. The van der Waals surface area contributed by atoms with Gasteiger partial charge in [-0.05, 0) is 38.5 Å². The molecular weight excluding hydrogens is 262 g/mol. The summed E-state index contributed by atoms with van der Waals surface area (Å²) in [4.78, 5) is 12.2. The molecule has 0 radical (unpaired) electrons. The third-order valence-corrected chi connectivity index (χ3v) is 3.29. The number of benzene rings is 1. The molecule has 1 aromatic carbocycles. The average Bonchev–Trinajstić information content (AvgIpc) is 2.69. The molecule has 2 aromatic rings. The number of carbonyl (C=O) groups is 1. The lowest BCUT2D eigenvalue weighted by Crippen LogP contribution is -2.27. The van der Waals surface area contributed by atoms with Crippen LogP contribution in [0.2, 0.25) is 5.02 Å². The van der Waals surface area contributed by atoms with Gasteiger partial charge in [0.1, 0.15) is 0 Å². The summed E-state index contributed by atoms with van der Waals surface area (Å²) < 4.78 is 0. The first kappa shape index (κ1) is 13.6. The number of amides is 1. The Morgan fingerprint density at radius 2 is 2.16 bits per heavy atom. The zero-order valence-electron chi connectivity index (χ0n) is 11.1. The Kier molecular flexibility index (Phi) is 3.90. The molecule has 0 spiro atoms. The van der Waals surface area contributed by atoms with Crippen LogP contribution in [0.4, 0.5) is 0 Å². The number of nitrogens with zero attached hydrogens (tertiary/aromatic N) is 1. The van der Waals surface area contributed by atoms with Crippen LogP contribution in [-0.4, -0.2) is 16.1 Å². The van der Waals surface area contributed by atoms with Crippen molar-refractivity contribution in [3.8, 4) is 0 Å². The summed E-state index contributed by atoms with van der Waals surface area (Å²) in [7, 11) is 0. The summed E-state index contributed by atoms with van der Waals surface area (Å²) in [6.07, 6.45) is 0. The number of hydrogen-bond acceptors (Lipinski definition) is 2. The zero-order valence-corrected chi connectivity index (χ0v) is 11.9. The van der Waals surface area contributed by atoms with Crippen molar-refractivity contribution in [2.24, 2.45) is 0 Å². The van der Waals surface area contributed by atoms with Gasteiger partial charge in [0, 0.05) is 10.7 Å². The highest BCUT2D eigenvalue weighted by atomic mass is 35.5. The van der Waals surface area contributed by atoms with E-state index >= 15 is 0 Å². The van der Waals surface area contributed by atoms with Gasteiger partial charge >= 0.3 is 0 Å². The predicted molar refractivity (Wildman–Crippen MR) is 75.4 cm³/mol. The highest BCUT2D eigenvalue weighted by molar-refractivity contribution is 6.30. The van der Waals surface area contributed by atoms with Gasteiger partial charge in [-0.2, -0.15) is 5.10 Å². The van der Waals surface area contributed by atoms with E-state index in [1.807, 2.05) is 45.0 Å². The van der Waals surface area contributed by atoms with E-state index < -0.39 is 0 Å². The molecule has 0 bridgehead atoms. The number of H-pyrrole nitrogens is 1.